The third-order valence-corrected chi connectivity index (χ3v) is 7.45. The molecule has 0 bridgehead atoms. The van der Waals surface area contributed by atoms with Gasteiger partial charge in [-0.15, -0.1) is 0 Å². The van der Waals surface area contributed by atoms with Crippen LogP contribution in [0.15, 0.2) is 95.0 Å². The average molecular weight is 505 g/mol. The molecule has 0 aromatic heterocycles. The minimum Gasteiger partial charge on any atom is -0.368 e. The Morgan fingerprint density at radius 1 is 0.972 bits per heavy atom. The lowest BCUT2D eigenvalue weighted by Gasteiger charge is -2.39. The first-order valence-corrected chi connectivity index (χ1v) is 13.4. The molecule has 3 rings (SSSR count). The Balaban J connectivity index is 1.69. The Hall–Kier alpha value is -3.58. The molecule has 1 saturated heterocycles. The molecular weight excluding hydrogens is 468 g/mol. The number of nitrogens with zero attached hydrogens (tertiary/aromatic N) is 3. The van der Waals surface area contributed by atoms with Crippen molar-refractivity contribution in [2.75, 3.05) is 30.9 Å². The van der Waals surface area contributed by atoms with Gasteiger partial charge in [0.05, 0.1) is 5.69 Å². The van der Waals surface area contributed by atoms with Crippen molar-refractivity contribution in [3.8, 4) is 0 Å². The van der Waals surface area contributed by atoms with Gasteiger partial charge in [-0.05, 0) is 68.7 Å². The Kier molecular flexibility index (Phi) is 8.58. The van der Waals surface area contributed by atoms with Crippen molar-refractivity contribution in [1.82, 2.24) is 9.80 Å². The van der Waals surface area contributed by atoms with Crippen LogP contribution in [0.4, 0.5) is 11.4 Å². The number of hydrogen-bond acceptors (Lipinski definition) is 5. The maximum atomic E-state index is 13.1. The number of para-hydroxylation sites is 1. The molecule has 36 heavy (non-hydrogen) atoms. The summed E-state index contributed by atoms with van der Waals surface area (Å²) in [5, 5.41) is 0. The second kappa shape index (κ2) is 11.4. The zero-order valence-electron chi connectivity index (χ0n) is 21.7. The highest BCUT2D eigenvalue weighted by Crippen LogP contribution is 2.30. The number of benzene rings is 2. The van der Waals surface area contributed by atoms with E-state index in [1.807, 2.05) is 39.0 Å². The van der Waals surface area contributed by atoms with Crippen molar-refractivity contribution in [3.05, 3.63) is 96.2 Å². The molecule has 2 aromatic carbocycles. The van der Waals surface area contributed by atoms with Gasteiger partial charge in [-0.1, -0.05) is 49.6 Å². The zero-order valence-corrected chi connectivity index (χ0v) is 22.5. The van der Waals surface area contributed by atoms with Gasteiger partial charge in [0.15, 0.2) is 0 Å². The van der Waals surface area contributed by atoms with Gasteiger partial charge in [-0.3, -0.25) is 9.71 Å². The molecule has 1 heterocycles. The SMILES string of the molecule is C=C(C)/C=C(\C(=C)C)N1CCN(C(=C)c2ccc(NS(=O)(=O)c3cccc(C)c3/N=C\C)cc2)CC1. The van der Waals surface area contributed by atoms with Crippen LogP contribution in [-0.4, -0.2) is 50.6 Å². The molecule has 190 valence electrons. The van der Waals surface area contributed by atoms with Gasteiger partial charge in [0, 0.05) is 49.5 Å². The number of aryl methyl sites for hydroxylation is 1. The van der Waals surface area contributed by atoms with Gasteiger partial charge < -0.3 is 9.80 Å². The lowest BCUT2D eigenvalue weighted by atomic mass is 10.1. The van der Waals surface area contributed by atoms with Crippen molar-refractivity contribution in [1.29, 1.82) is 0 Å². The van der Waals surface area contributed by atoms with Crippen molar-refractivity contribution in [3.63, 3.8) is 0 Å². The second-order valence-corrected chi connectivity index (χ2v) is 10.7. The highest BCUT2D eigenvalue weighted by molar-refractivity contribution is 7.92. The topological polar surface area (TPSA) is 65.0 Å². The predicted molar refractivity (Wildman–Crippen MR) is 152 cm³/mol. The minimum atomic E-state index is -3.79. The van der Waals surface area contributed by atoms with E-state index in [1.54, 1.807) is 37.4 Å². The fraction of sp³-hybridized carbons (Fsp3) is 0.276. The van der Waals surface area contributed by atoms with Crippen LogP contribution in [0.5, 0.6) is 0 Å². The summed E-state index contributed by atoms with van der Waals surface area (Å²) in [5.41, 5.74) is 6.78. The Morgan fingerprint density at radius 2 is 1.58 bits per heavy atom. The number of hydrogen-bond donors (Lipinski definition) is 1. The van der Waals surface area contributed by atoms with Crippen LogP contribution in [-0.2, 0) is 10.0 Å². The van der Waals surface area contributed by atoms with Gasteiger partial charge in [0.2, 0.25) is 0 Å². The molecular formula is C29H36N4O2S. The molecule has 1 aliphatic rings. The van der Waals surface area contributed by atoms with E-state index in [0.29, 0.717) is 11.4 Å². The van der Waals surface area contributed by atoms with Crippen LogP contribution in [0.3, 0.4) is 0 Å². The van der Waals surface area contributed by atoms with Crippen LogP contribution in [0, 0.1) is 6.92 Å². The first-order chi connectivity index (χ1) is 17.0. The fourth-order valence-electron chi connectivity index (χ4n) is 4.20. The first-order valence-electron chi connectivity index (χ1n) is 12.0. The summed E-state index contributed by atoms with van der Waals surface area (Å²) < 4.78 is 28.8. The monoisotopic (exact) mass is 504 g/mol. The zero-order chi connectivity index (χ0) is 26.5. The maximum Gasteiger partial charge on any atom is 0.264 e. The van der Waals surface area contributed by atoms with E-state index in [-0.39, 0.29) is 4.90 Å². The predicted octanol–water partition coefficient (Wildman–Crippen LogP) is 6.14. The lowest BCUT2D eigenvalue weighted by Crippen LogP contribution is -2.44. The standard InChI is InChI=1S/C29H36N4O2S/c1-8-30-29-23(6)10-9-11-28(29)36(34,35)31-26-14-12-25(13-15-26)24(7)32-16-18-33(19-17-32)27(22(4)5)20-21(2)3/h8-15,20,31H,2,4,7,16-19H2,1,3,5-6H3/b27-20+,30-8-. The Labute approximate surface area is 216 Å². The van der Waals surface area contributed by atoms with Crippen molar-refractivity contribution in [2.45, 2.75) is 32.6 Å². The molecule has 0 unspecified atom stereocenters. The molecule has 2 aromatic rings. The normalized spacial score (nSPS) is 14.7. The van der Waals surface area contributed by atoms with Crippen LogP contribution in [0.1, 0.15) is 31.9 Å². The van der Waals surface area contributed by atoms with Crippen LogP contribution in [0.25, 0.3) is 5.70 Å². The molecule has 0 atom stereocenters. The number of piperazine rings is 1. The number of rotatable bonds is 9. The molecule has 0 saturated carbocycles. The van der Waals surface area contributed by atoms with E-state index in [0.717, 1.165) is 59.8 Å². The number of anilines is 1. The van der Waals surface area contributed by atoms with E-state index in [9.17, 15) is 8.42 Å². The number of nitrogens with one attached hydrogen (secondary N) is 1. The van der Waals surface area contributed by atoms with Crippen LogP contribution >= 0.6 is 0 Å². The maximum absolute atomic E-state index is 13.1. The summed E-state index contributed by atoms with van der Waals surface area (Å²) in [4.78, 5) is 9.01. The van der Waals surface area contributed by atoms with Crippen molar-refractivity contribution < 1.29 is 8.42 Å². The summed E-state index contributed by atoms with van der Waals surface area (Å²) in [6.45, 7) is 23.4. The Morgan fingerprint density at radius 3 is 2.14 bits per heavy atom. The largest absolute Gasteiger partial charge is 0.368 e. The molecule has 0 radical (unpaired) electrons. The smallest absolute Gasteiger partial charge is 0.264 e. The molecule has 1 fully saturated rings. The van der Waals surface area contributed by atoms with Crippen LogP contribution in [0.2, 0.25) is 0 Å². The molecule has 0 aliphatic carbocycles. The molecule has 0 spiro atoms. The van der Waals surface area contributed by atoms with Gasteiger partial charge in [-0.25, -0.2) is 8.42 Å². The first kappa shape index (κ1) is 27.0. The second-order valence-electron chi connectivity index (χ2n) is 9.07. The summed E-state index contributed by atoms with van der Waals surface area (Å²) in [7, 11) is -3.79. The van der Waals surface area contributed by atoms with E-state index < -0.39 is 10.0 Å². The summed E-state index contributed by atoms with van der Waals surface area (Å²) in [6.07, 6.45) is 3.68. The fourth-order valence-corrected chi connectivity index (χ4v) is 5.48. The van der Waals surface area contributed by atoms with Crippen LogP contribution < -0.4 is 4.72 Å². The van der Waals surface area contributed by atoms with E-state index >= 15 is 0 Å². The minimum absolute atomic E-state index is 0.154. The summed E-state index contributed by atoms with van der Waals surface area (Å²) in [6, 6.07) is 12.5. The van der Waals surface area contributed by atoms with Crippen molar-refractivity contribution >= 4 is 33.3 Å². The summed E-state index contributed by atoms with van der Waals surface area (Å²) in [5.74, 6) is 0. The van der Waals surface area contributed by atoms with E-state index in [1.165, 1.54) is 0 Å². The van der Waals surface area contributed by atoms with Crippen molar-refractivity contribution in [2.24, 2.45) is 4.99 Å². The van der Waals surface area contributed by atoms with E-state index in [4.69, 9.17) is 0 Å². The van der Waals surface area contributed by atoms with Gasteiger partial charge in [0.25, 0.3) is 10.0 Å². The Bertz CT molecular complexity index is 1310. The highest BCUT2D eigenvalue weighted by atomic mass is 32.2. The lowest BCUT2D eigenvalue weighted by molar-refractivity contribution is 0.216. The molecule has 6 nitrogen and oxygen atoms in total. The molecule has 0 amide bonds. The number of aliphatic imine (C=N–C) groups is 1. The third-order valence-electron chi connectivity index (χ3n) is 6.04. The summed E-state index contributed by atoms with van der Waals surface area (Å²) >= 11 is 0. The molecule has 1 aliphatic heterocycles. The number of allylic oxidation sites excluding steroid dienone is 3. The average Bonchev–Trinajstić information content (AvgIpc) is 2.83. The van der Waals surface area contributed by atoms with Gasteiger partial charge >= 0.3 is 0 Å². The van der Waals surface area contributed by atoms with E-state index in [2.05, 4.69) is 45.3 Å². The van der Waals surface area contributed by atoms with Gasteiger partial charge in [-0.2, -0.15) is 0 Å². The molecule has 7 heteroatoms. The van der Waals surface area contributed by atoms with Gasteiger partial charge in [0.1, 0.15) is 4.90 Å². The molecule has 1 N–H and O–H groups in total. The third kappa shape index (κ3) is 6.34. The quantitative estimate of drug-likeness (QED) is 0.329. The highest BCUT2D eigenvalue weighted by Gasteiger charge is 2.22. The number of sulfonamides is 1.